The maximum atomic E-state index is 8.25. The van der Waals surface area contributed by atoms with Gasteiger partial charge in [-0.15, -0.1) is 0 Å². The van der Waals surface area contributed by atoms with Gasteiger partial charge in [0.2, 0.25) is 23.5 Å². The van der Waals surface area contributed by atoms with Crippen LogP contribution < -0.4 is 18.9 Å². The molecule has 0 atom stereocenters. The zero-order chi connectivity index (χ0) is 43.0. The molecular formula is C40H38CdN10O11. The van der Waals surface area contributed by atoms with Gasteiger partial charge in [-0.05, 0) is 48.5 Å². The quantitative estimate of drug-likeness (QED) is 0.0887. The van der Waals surface area contributed by atoms with Crippen molar-refractivity contribution < 1.29 is 61.9 Å². The minimum absolute atomic E-state index is 0. The maximum absolute atomic E-state index is 8.25. The summed E-state index contributed by atoms with van der Waals surface area (Å²) in [7, 11) is 6.44. The van der Waals surface area contributed by atoms with Gasteiger partial charge in [0.25, 0.3) is 0 Å². The number of nitrogens with zero attached hydrogens (tertiary/aromatic N) is 10. The van der Waals surface area contributed by atoms with Crippen LogP contribution in [0.2, 0.25) is 0 Å². The Labute approximate surface area is 372 Å². The van der Waals surface area contributed by atoms with E-state index < -0.39 is 10.2 Å². The largest absolute Gasteiger partial charge is 2.00 e. The van der Waals surface area contributed by atoms with E-state index in [1.54, 1.807) is 28.4 Å². The molecule has 0 radical (unpaired) electrons. The standard InChI is InChI=1S/2C20H18N4O2.Cd.2NO3.H2O/c2*1-25-18-11-5-7-14(21-18)13-24-17-10-4-3-8-15(17)23-20(24)16-9-6-12-19(22-16)26-2;;2*2-1(3)4;/h2*3-12H,13H2,1-2H3;;;;1H2/q;;+2;2*-1;. The Kier molecular flexibility index (Phi) is 18.8. The molecule has 2 aromatic carbocycles. The van der Waals surface area contributed by atoms with E-state index in [4.69, 9.17) is 59.6 Å². The Morgan fingerprint density at radius 1 is 0.452 bits per heavy atom. The van der Waals surface area contributed by atoms with Gasteiger partial charge in [-0.3, -0.25) is 0 Å². The fourth-order valence-electron chi connectivity index (χ4n) is 5.81. The number of ether oxygens (including phenoxy) is 4. The summed E-state index contributed by atoms with van der Waals surface area (Å²) in [6, 6.07) is 38.8. The smallest absolute Gasteiger partial charge is 0.481 e. The van der Waals surface area contributed by atoms with E-state index in [0.29, 0.717) is 36.6 Å². The molecular weight excluding hydrogens is 909 g/mol. The molecule has 2 N–H and O–H groups in total. The molecule has 0 bridgehead atoms. The minimum Gasteiger partial charge on any atom is -0.481 e. The summed E-state index contributed by atoms with van der Waals surface area (Å²) in [6.45, 7) is 1.12. The van der Waals surface area contributed by atoms with Gasteiger partial charge in [0.15, 0.2) is 11.6 Å². The molecule has 8 aromatic rings. The number of hydrogen-bond donors (Lipinski definition) is 0. The zero-order valence-electron chi connectivity index (χ0n) is 33.7. The van der Waals surface area contributed by atoms with Crippen molar-refractivity contribution in [3.05, 3.63) is 163 Å². The summed E-state index contributed by atoms with van der Waals surface area (Å²) in [5.41, 5.74) is 7.15. The van der Waals surface area contributed by atoms with Crippen molar-refractivity contribution in [1.29, 1.82) is 0 Å². The van der Waals surface area contributed by atoms with E-state index >= 15 is 0 Å². The fraction of sp³-hybridized carbons (Fsp3) is 0.150. The van der Waals surface area contributed by atoms with Crippen molar-refractivity contribution in [2.45, 2.75) is 13.1 Å². The van der Waals surface area contributed by atoms with Gasteiger partial charge in [0.1, 0.15) is 11.4 Å². The predicted octanol–water partition coefficient (Wildman–Crippen LogP) is 5.81. The number of para-hydroxylation sites is 4. The van der Waals surface area contributed by atoms with Gasteiger partial charge in [0.05, 0.1) is 85.2 Å². The first-order valence-corrected chi connectivity index (χ1v) is 17.6. The molecule has 6 heterocycles. The number of aromatic nitrogens is 8. The van der Waals surface area contributed by atoms with Gasteiger partial charge in [-0.25, -0.2) is 29.9 Å². The molecule has 62 heavy (non-hydrogen) atoms. The summed E-state index contributed by atoms with van der Waals surface area (Å²) in [6.07, 6.45) is 0. The Bertz CT molecular complexity index is 2510. The van der Waals surface area contributed by atoms with Crippen LogP contribution in [0.4, 0.5) is 0 Å². The summed E-state index contributed by atoms with van der Waals surface area (Å²) in [4.78, 5) is 44.2. The molecule has 0 saturated carbocycles. The van der Waals surface area contributed by atoms with E-state index in [1.807, 2.05) is 121 Å². The van der Waals surface area contributed by atoms with Gasteiger partial charge in [-0.1, -0.05) is 48.5 Å². The second kappa shape index (κ2) is 23.9. The topological polar surface area (TPSA) is 288 Å². The Morgan fingerprint density at radius 3 is 1.10 bits per heavy atom. The number of methoxy groups -OCH3 is 4. The van der Waals surface area contributed by atoms with E-state index in [0.717, 1.165) is 56.5 Å². The molecule has 6 aromatic heterocycles. The number of rotatable bonds is 10. The molecule has 0 aliphatic rings. The van der Waals surface area contributed by atoms with Crippen LogP contribution in [0.1, 0.15) is 11.4 Å². The van der Waals surface area contributed by atoms with Crippen LogP contribution in [0.5, 0.6) is 23.5 Å². The molecule has 8 rings (SSSR count). The predicted molar refractivity (Wildman–Crippen MR) is 223 cm³/mol. The molecule has 21 nitrogen and oxygen atoms in total. The van der Waals surface area contributed by atoms with Crippen molar-refractivity contribution in [3.63, 3.8) is 0 Å². The van der Waals surface area contributed by atoms with E-state index in [2.05, 4.69) is 29.1 Å². The van der Waals surface area contributed by atoms with Crippen LogP contribution in [0.25, 0.3) is 45.1 Å². The second-order valence-corrected chi connectivity index (χ2v) is 11.9. The molecule has 0 amide bonds. The van der Waals surface area contributed by atoms with Crippen LogP contribution in [0, 0.1) is 30.6 Å². The maximum Gasteiger partial charge on any atom is 2.00 e. The normalized spacial score (nSPS) is 9.87. The minimum atomic E-state index is -1.75. The third-order valence-corrected chi connectivity index (χ3v) is 8.25. The summed E-state index contributed by atoms with van der Waals surface area (Å²) in [5.74, 6) is 3.84. The van der Waals surface area contributed by atoms with Crippen LogP contribution in [-0.4, -0.2) is 83.1 Å². The molecule has 0 aliphatic heterocycles. The number of hydrogen-bond acceptors (Lipinski definition) is 16. The van der Waals surface area contributed by atoms with Crippen LogP contribution in [0.3, 0.4) is 0 Å². The number of pyridine rings is 4. The van der Waals surface area contributed by atoms with E-state index in [-0.39, 0.29) is 32.8 Å². The molecule has 316 valence electrons. The molecule has 0 fully saturated rings. The summed E-state index contributed by atoms with van der Waals surface area (Å²) < 4.78 is 25.2. The van der Waals surface area contributed by atoms with Crippen LogP contribution in [-0.2, 0) is 40.4 Å². The molecule has 22 heteroatoms. The molecule has 0 saturated heterocycles. The summed E-state index contributed by atoms with van der Waals surface area (Å²) in [5, 5.41) is 29.5. The Morgan fingerprint density at radius 2 is 0.758 bits per heavy atom. The number of benzene rings is 2. The van der Waals surface area contributed by atoms with E-state index in [9.17, 15) is 0 Å². The molecule has 0 unspecified atom stereocenters. The third-order valence-electron chi connectivity index (χ3n) is 8.25. The van der Waals surface area contributed by atoms with Gasteiger partial charge < -0.3 is 64.2 Å². The van der Waals surface area contributed by atoms with Gasteiger partial charge in [0, 0.05) is 24.3 Å². The van der Waals surface area contributed by atoms with E-state index in [1.165, 1.54) is 0 Å². The van der Waals surface area contributed by atoms with Gasteiger partial charge in [-0.2, -0.15) is 0 Å². The fourth-order valence-corrected chi connectivity index (χ4v) is 5.81. The van der Waals surface area contributed by atoms with Crippen LogP contribution >= 0.6 is 0 Å². The first kappa shape index (κ1) is 48.8. The Balaban J connectivity index is 0.000000274. The van der Waals surface area contributed by atoms with Crippen molar-refractivity contribution in [2.75, 3.05) is 28.4 Å². The second-order valence-electron chi connectivity index (χ2n) is 11.9. The third kappa shape index (κ3) is 13.2. The number of fused-ring (bicyclic) bond motifs is 2. The van der Waals surface area contributed by atoms with Crippen molar-refractivity contribution in [2.24, 2.45) is 0 Å². The van der Waals surface area contributed by atoms with Crippen molar-refractivity contribution in [1.82, 2.24) is 39.0 Å². The van der Waals surface area contributed by atoms with Crippen molar-refractivity contribution in [3.8, 4) is 46.6 Å². The summed E-state index contributed by atoms with van der Waals surface area (Å²) >= 11 is 0. The molecule has 0 spiro atoms. The zero-order valence-corrected chi connectivity index (χ0v) is 37.8. The SMILES string of the molecule is COc1cccc(Cn2c(-c3cccc(OC)n3)nc3ccccc32)n1.COc1cccc(Cn2c(-c3cccc(OC)n3)nc3ccccc32)n1.O.O=[N+]([O-])[O-].O=[N+]([O-])[O-].[Cd+2]. The number of imidazole rings is 2. The average Bonchev–Trinajstić information content (AvgIpc) is 3.82. The monoisotopic (exact) mass is 948 g/mol. The van der Waals surface area contributed by atoms with Crippen LogP contribution in [0.15, 0.2) is 121 Å². The van der Waals surface area contributed by atoms with Crippen molar-refractivity contribution >= 4 is 22.1 Å². The van der Waals surface area contributed by atoms with Gasteiger partial charge >= 0.3 is 27.3 Å². The first-order chi connectivity index (χ1) is 29.0. The Hall–Kier alpha value is -7.54. The first-order valence-electron chi connectivity index (χ1n) is 17.6. The molecule has 0 aliphatic carbocycles. The average molecular weight is 947 g/mol.